The molecule has 3 aromatic rings. The number of para-hydroxylation sites is 2. The fourth-order valence-electron chi connectivity index (χ4n) is 2.65. The number of esters is 1. The monoisotopic (exact) mass is 348 g/mol. The highest BCUT2D eigenvalue weighted by molar-refractivity contribution is 5.91. The Balaban J connectivity index is 1.94. The molecule has 25 heavy (non-hydrogen) atoms. The highest BCUT2D eigenvalue weighted by Gasteiger charge is 2.25. The lowest BCUT2D eigenvalue weighted by Gasteiger charge is -2.16. The Bertz CT molecular complexity index is 937. The number of carbonyl (C=O) groups excluding carboxylic acids is 1. The standard InChI is InChI=1S/C18H15F3N2O2/c1-10-7-8-12(19)9-13(10)17(24)25-11(2)16-22-14-5-3-4-6-15(14)23(16)18(20)21/h3-9,11,18H,1-2H3. The lowest BCUT2D eigenvalue weighted by molar-refractivity contribution is 0.0232. The van der Waals surface area contributed by atoms with Crippen molar-refractivity contribution in [2.24, 2.45) is 0 Å². The summed E-state index contributed by atoms with van der Waals surface area (Å²) in [5, 5.41) is 0. The first kappa shape index (κ1) is 17.0. The van der Waals surface area contributed by atoms with Crippen LogP contribution in [0.2, 0.25) is 0 Å². The van der Waals surface area contributed by atoms with Crippen molar-refractivity contribution >= 4 is 17.0 Å². The molecule has 2 aromatic carbocycles. The van der Waals surface area contributed by atoms with Gasteiger partial charge in [0.2, 0.25) is 0 Å². The van der Waals surface area contributed by atoms with Gasteiger partial charge in [-0.2, -0.15) is 8.78 Å². The molecule has 1 aromatic heterocycles. The van der Waals surface area contributed by atoms with E-state index in [2.05, 4.69) is 4.98 Å². The predicted molar refractivity (Wildman–Crippen MR) is 86.0 cm³/mol. The molecule has 1 atom stereocenters. The van der Waals surface area contributed by atoms with Gasteiger partial charge in [0.25, 0.3) is 0 Å². The second-order valence-electron chi connectivity index (χ2n) is 5.61. The molecule has 0 aliphatic rings. The molecule has 4 nitrogen and oxygen atoms in total. The Morgan fingerprint density at radius 1 is 1.20 bits per heavy atom. The molecule has 0 saturated heterocycles. The quantitative estimate of drug-likeness (QED) is 0.636. The average molecular weight is 348 g/mol. The van der Waals surface area contributed by atoms with Crippen LogP contribution in [0.3, 0.4) is 0 Å². The largest absolute Gasteiger partial charge is 0.451 e. The van der Waals surface area contributed by atoms with Crippen molar-refractivity contribution in [3.8, 4) is 0 Å². The van der Waals surface area contributed by atoms with E-state index < -0.39 is 24.4 Å². The maximum atomic E-state index is 13.5. The molecule has 130 valence electrons. The van der Waals surface area contributed by atoms with E-state index in [0.29, 0.717) is 11.1 Å². The molecule has 0 spiro atoms. The van der Waals surface area contributed by atoms with Crippen LogP contribution in [0.25, 0.3) is 11.0 Å². The summed E-state index contributed by atoms with van der Waals surface area (Å²) in [4.78, 5) is 16.4. The van der Waals surface area contributed by atoms with E-state index in [0.717, 1.165) is 10.6 Å². The highest BCUT2D eigenvalue weighted by Crippen LogP contribution is 2.28. The molecule has 0 amide bonds. The second kappa shape index (κ2) is 6.58. The van der Waals surface area contributed by atoms with E-state index in [9.17, 15) is 18.0 Å². The molecule has 0 aliphatic carbocycles. The van der Waals surface area contributed by atoms with Gasteiger partial charge in [0.05, 0.1) is 16.6 Å². The number of fused-ring (bicyclic) bond motifs is 1. The van der Waals surface area contributed by atoms with Gasteiger partial charge in [-0.1, -0.05) is 18.2 Å². The zero-order chi connectivity index (χ0) is 18.1. The first-order chi connectivity index (χ1) is 11.9. The molecule has 0 fully saturated rings. The topological polar surface area (TPSA) is 44.1 Å². The van der Waals surface area contributed by atoms with Crippen molar-refractivity contribution in [3.63, 3.8) is 0 Å². The SMILES string of the molecule is Cc1ccc(F)cc1C(=O)OC(C)c1nc2ccccc2n1C(F)F. The summed E-state index contributed by atoms with van der Waals surface area (Å²) in [6.07, 6.45) is -1.03. The molecule has 0 radical (unpaired) electrons. The van der Waals surface area contributed by atoms with Gasteiger partial charge in [-0.3, -0.25) is 4.57 Å². The minimum atomic E-state index is -2.83. The number of aromatic nitrogens is 2. The smallest absolute Gasteiger partial charge is 0.339 e. The predicted octanol–water partition coefficient (Wildman–Crippen LogP) is 4.80. The van der Waals surface area contributed by atoms with Crippen LogP contribution >= 0.6 is 0 Å². The number of alkyl halides is 2. The van der Waals surface area contributed by atoms with Crippen LogP contribution in [0.5, 0.6) is 0 Å². The zero-order valence-electron chi connectivity index (χ0n) is 13.5. The van der Waals surface area contributed by atoms with Gasteiger partial charge in [-0.25, -0.2) is 14.2 Å². The average Bonchev–Trinajstić information content (AvgIpc) is 2.96. The van der Waals surface area contributed by atoms with Crippen molar-refractivity contribution < 1.29 is 22.7 Å². The number of carbonyl (C=O) groups is 1. The molecule has 3 rings (SSSR count). The van der Waals surface area contributed by atoms with Crippen LogP contribution in [0, 0.1) is 12.7 Å². The van der Waals surface area contributed by atoms with Gasteiger partial charge >= 0.3 is 12.5 Å². The number of aryl methyl sites for hydroxylation is 1. The fourth-order valence-corrected chi connectivity index (χ4v) is 2.65. The number of halogens is 3. The summed E-state index contributed by atoms with van der Waals surface area (Å²) >= 11 is 0. The van der Waals surface area contributed by atoms with Crippen molar-refractivity contribution in [1.29, 1.82) is 0 Å². The maximum Gasteiger partial charge on any atom is 0.339 e. The zero-order valence-corrected chi connectivity index (χ0v) is 13.5. The van der Waals surface area contributed by atoms with Crippen LogP contribution in [-0.4, -0.2) is 15.5 Å². The van der Waals surface area contributed by atoms with E-state index in [4.69, 9.17) is 4.74 Å². The summed E-state index contributed by atoms with van der Waals surface area (Å²) < 4.78 is 46.3. The number of rotatable bonds is 4. The van der Waals surface area contributed by atoms with E-state index >= 15 is 0 Å². The van der Waals surface area contributed by atoms with Crippen LogP contribution in [0.4, 0.5) is 13.2 Å². The van der Waals surface area contributed by atoms with Gasteiger partial charge in [0, 0.05) is 0 Å². The van der Waals surface area contributed by atoms with Crippen molar-refractivity contribution in [2.75, 3.05) is 0 Å². The fraction of sp³-hybridized carbons (Fsp3) is 0.222. The van der Waals surface area contributed by atoms with E-state index in [1.54, 1.807) is 25.1 Å². The van der Waals surface area contributed by atoms with Crippen molar-refractivity contribution in [3.05, 3.63) is 65.2 Å². The van der Waals surface area contributed by atoms with Crippen LogP contribution in [0.1, 0.15) is 41.3 Å². The number of benzene rings is 2. The summed E-state index contributed by atoms with van der Waals surface area (Å²) in [6, 6.07) is 10.2. The van der Waals surface area contributed by atoms with Crippen molar-refractivity contribution in [1.82, 2.24) is 9.55 Å². The molecular weight excluding hydrogens is 333 g/mol. The third kappa shape index (κ3) is 3.22. The molecule has 1 heterocycles. The highest BCUT2D eigenvalue weighted by atomic mass is 19.3. The van der Waals surface area contributed by atoms with Gasteiger partial charge in [0.15, 0.2) is 11.9 Å². The Hall–Kier alpha value is -2.83. The lowest BCUT2D eigenvalue weighted by Crippen LogP contribution is -2.15. The normalized spacial score (nSPS) is 12.6. The lowest BCUT2D eigenvalue weighted by atomic mass is 10.1. The van der Waals surface area contributed by atoms with Gasteiger partial charge < -0.3 is 4.74 Å². The number of nitrogens with zero attached hydrogens (tertiary/aromatic N) is 2. The van der Waals surface area contributed by atoms with Gasteiger partial charge in [0.1, 0.15) is 5.82 Å². The first-order valence-corrected chi connectivity index (χ1v) is 7.60. The first-order valence-electron chi connectivity index (χ1n) is 7.60. The van der Waals surface area contributed by atoms with Gasteiger partial charge in [-0.15, -0.1) is 0 Å². The Labute approximate surface area is 141 Å². The second-order valence-corrected chi connectivity index (χ2v) is 5.61. The minimum absolute atomic E-state index is 0.0477. The third-order valence-corrected chi connectivity index (χ3v) is 3.89. The van der Waals surface area contributed by atoms with Crippen LogP contribution in [0.15, 0.2) is 42.5 Å². The Kier molecular flexibility index (Phi) is 4.48. The number of imidazole rings is 1. The summed E-state index contributed by atoms with van der Waals surface area (Å²) in [6.45, 7) is 0.251. The summed E-state index contributed by atoms with van der Waals surface area (Å²) in [5.74, 6) is -1.44. The van der Waals surface area contributed by atoms with Crippen LogP contribution < -0.4 is 0 Å². The van der Waals surface area contributed by atoms with Gasteiger partial charge in [-0.05, 0) is 43.7 Å². The summed E-state index contributed by atoms with van der Waals surface area (Å²) in [7, 11) is 0. The molecule has 7 heteroatoms. The number of hydrogen-bond donors (Lipinski definition) is 0. The van der Waals surface area contributed by atoms with Crippen molar-refractivity contribution in [2.45, 2.75) is 26.5 Å². The van der Waals surface area contributed by atoms with E-state index in [1.807, 2.05) is 0 Å². The van der Waals surface area contributed by atoms with E-state index in [-0.39, 0.29) is 16.9 Å². The minimum Gasteiger partial charge on any atom is -0.451 e. The molecule has 0 bridgehead atoms. The molecule has 0 saturated carbocycles. The maximum absolute atomic E-state index is 13.5. The molecule has 0 aliphatic heterocycles. The Morgan fingerprint density at radius 2 is 1.92 bits per heavy atom. The molecule has 1 unspecified atom stereocenters. The number of ether oxygens (including phenoxy) is 1. The summed E-state index contributed by atoms with van der Waals surface area (Å²) in [5.41, 5.74) is 1.20. The molecule has 0 N–H and O–H groups in total. The Morgan fingerprint density at radius 3 is 2.64 bits per heavy atom. The van der Waals surface area contributed by atoms with Crippen LogP contribution in [-0.2, 0) is 4.74 Å². The molecular formula is C18H15F3N2O2. The van der Waals surface area contributed by atoms with E-state index in [1.165, 1.54) is 25.1 Å². The number of hydrogen-bond acceptors (Lipinski definition) is 3. The third-order valence-electron chi connectivity index (χ3n) is 3.89.